The molecular weight excluding hydrogens is 325 g/mol. The Morgan fingerprint density at radius 3 is 2.65 bits per heavy atom. The number of aromatic nitrogens is 1. The van der Waals surface area contributed by atoms with Crippen molar-refractivity contribution in [2.45, 2.75) is 58.3 Å². The van der Waals surface area contributed by atoms with Gasteiger partial charge in [0.2, 0.25) is 0 Å². The highest BCUT2D eigenvalue weighted by Gasteiger charge is 2.42. The molecule has 1 saturated carbocycles. The minimum absolute atomic E-state index is 0.114. The van der Waals surface area contributed by atoms with Gasteiger partial charge < -0.3 is 10.6 Å². The number of aliphatic imine (C=N–C) groups is 1. The lowest BCUT2D eigenvalue weighted by Crippen LogP contribution is -2.46. The third-order valence-corrected chi connectivity index (χ3v) is 5.19. The highest BCUT2D eigenvalue weighted by Crippen LogP contribution is 2.37. The number of nitrogens with one attached hydrogen (secondary N) is 2. The number of alkyl halides is 3. The summed E-state index contributed by atoms with van der Waals surface area (Å²) >= 11 is 1.61. The number of halogens is 3. The first-order valence-electron chi connectivity index (χ1n) is 7.76. The Morgan fingerprint density at radius 2 is 2.09 bits per heavy atom. The molecule has 0 aromatic carbocycles. The Kier molecular flexibility index (Phi) is 5.89. The van der Waals surface area contributed by atoms with Gasteiger partial charge in [0.25, 0.3) is 0 Å². The van der Waals surface area contributed by atoms with E-state index in [1.54, 1.807) is 18.4 Å². The van der Waals surface area contributed by atoms with E-state index in [0.717, 1.165) is 22.0 Å². The molecule has 1 aliphatic rings. The number of guanidine groups is 1. The molecule has 130 valence electrons. The molecule has 0 saturated heterocycles. The summed E-state index contributed by atoms with van der Waals surface area (Å²) in [6.07, 6.45) is -2.43. The van der Waals surface area contributed by atoms with Gasteiger partial charge in [-0.25, -0.2) is 4.98 Å². The van der Waals surface area contributed by atoms with Gasteiger partial charge in [-0.2, -0.15) is 13.2 Å². The number of nitrogens with zero attached hydrogens (tertiary/aromatic N) is 2. The summed E-state index contributed by atoms with van der Waals surface area (Å²) in [4.78, 5) is 9.59. The molecule has 0 radical (unpaired) electrons. The standard InChI is InChI=1S/C15H23F3N4S/c1-9-13(23-10(2)21-9)8-20-14(19-3)22-12-6-4-5-11(7-12)15(16,17)18/h11-12H,4-8H2,1-3H3,(H2,19,20,22). The third kappa shape index (κ3) is 5.09. The maximum absolute atomic E-state index is 12.9. The van der Waals surface area contributed by atoms with Gasteiger partial charge >= 0.3 is 6.18 Å². The molecule has 0 bridgehead atoms. The van der Waals surface area contributed by atoms with Gasteiger partial charge in [-0.15, -0.1) is 11.3 Å². The molecule has 0 spiro atoms. The lowest BCUT2D eigenvalue weighted by molar-refractivity contribution is -0.183. The maximum atomic E-state index is 12.9. The average molecular weight is 348 g/mol. The normalized spacial score (nSPS) is 23.0. The Labute approximate surface area is 138 Å². The molecule has 23 heavy (non-hydrogen) atoms. The molecule has 0 aliphatic heterocycles. The Balaban J connectivity index is 1.88. The van der Waals surface area contributed by atoms with E-state index in [1.807, 2.05) is 13.8 Å². The van der Waals surface area contributed by atoms with Gasteiger partial charge in [0.15, 0.2) is 5.96 Å². The van der Waals surface area contributed by atoms with Crippen molar-refractivity contribution >= 4 is 17.3 Å². The summed E-state index contributed by atoms with van der Waals surface area (Å²) in [5.41, 5.74) is 0.977. The molecule has 0 amide bonds. The van der Waals surface area contributed by atoms with Gasteiger partial charge in [-0.3, -0.25) is 4.99 Å². The zero-order valence-corrected chi connectivity index (χ0v) is 14.4. The largest absolute Gasteiger partial charge is 0.391 e. The van der Waals surface area contributed by atoms with Crippen LogP contribution in [0.3, 0.4) is 0 Å². The SMILES string of the molecule is CN=C(NCc1sc(C)nc1C)NC1CCCC(C(F)(F)F)C1. The van der Waals surface area contributed by atoms with Crippen molar-refractivity contribution in [1.82, 2.24) is 15.6 Å². The van der Waals surface area contributed by atoms with Crippen LogP contribution >= 0.6 is 11.3 Å². The van der Waals surface area contributed by atoms with E-state index in [1.165, 1.54) is 0 Å². The molecule has 2 rings (SSSR count). The van der Waals surface area contributed by atoms with Gasteiger partial charge in [-0.1, -0.05) is 6.42 Å². The smallest absolute Gasteiger partial charge is 0.354 e. The summed E-state index contributed by atoms with van der Waals surface area (Å²) in [5, 5.41) is 7.30. The quantitative estimate of drug-likeness (QED) is 0.649. The first kappa shape index (κ1) is 18.0. The number of thiazole rings is 1. The van der Waals surface area contributed by atoms with E-state index >= 15 is 0 Å². The van der Waals surface area contributed by atoms with Gasteiger partial charge in [0.05, 0.1) is 23.2 Å². The minimum atomic E-state index is -4.10. The number of aryl methyl sites for hydroxylation is 2. The fraction of sp³-hybridized carbons (Fsp3) is 0.733. The van der Waals surface area contributed by atoms with Crippen LogP contribution in [0.1, 0.15) is 41.3 Å². The summed E-state index contributed by atoms with van der Waals surface area (Å²) < 4.78 is 38.6. The average Bonchev–Trinajstić information content (AvgIpc) is 2.81. The fourth-order valence-electron chi connectivity index (χ4n) is 2.91. The first-order chi connectivity index (χ1) is 10.8. The molecule has 2 N–H and O–H groups in total. The number of hydrogen-bond acceptors (Lipinski definition) is 3. The highest BCUT2D eigenvalue weighted by molar-refractivity contribution is 7.11. The van der Waals surface area contributed by atoms with E-state index in [0.29, 0.717) is 18.9 Å². The van der Waals surface area contributed by atoms with E-state index in [4.69, 9.17) is 0 Å². The van der Waals surface area contributed by atoms with Crippen molar-refractivity contribution < 1.29 is 13.2 Å². The molecule has 2 atom stereocenters. The van der Waals surface area contributed by atoms with Crippen LogP contribution in [0.4, 0.5) is 13.2 Å². The second-order valence-corrected chi connectivity index (χ2v) is 7.20. The second-order valence-electron chi connectivity index (χ2n) is 5.91. The molecule has 1 aromatic heterocycles. The van der Waals surface area contributed by atoms with Crippen molar-refractivity contribution in [3.05, 3.63) is 15.6 Å². The molecule has 8 heteroatoms. The van der Waals surface area contributed by atoms with Crippen molar-refractivity contribution in [1.29, 1.82) is 0 Å². The monoisotopic (exact) mass is 348 g/mol. The summed E-state index contributed by atoms with van der Waals surface area (Å²) in [5.74, 6) is -0.665. The van der Waals surface area contributed by atoms with Crippen molar-refractivity contribution in [3.63, 3.8) is 0 Å². The summed E-state index contributed by atoms with van der Waals surface area (Å²) in [6.45, 7) is 4.48. The number of hydrogen-bond donors (Lipinski definition) is 2. The lowest BCUT2D eigenvalue weighted by atomic mass is 9.85. The predicted octanol–water partition coefficient (Wildman–Crippen LogP) is 3.55. The second kappa shape index (κ2) is 7.51. The molecule has 1 aliphatic carbocycles. The fourth-order valence-corrected chi connectivity index (χ4v) is 3.78. The molecule has 1 fully saturated rings. The van der Waals surface area contributed by atoms with Crippen LogP contribution in [0.25, 0.3) is 0 Å². The van der Waals surface area contributed by atoms with Crippen LogP contribution in [0.2, 0.25) is 0 Å². The summed E-state index contributed by atoms with van der Waals surface area (Å²) in [7, 11) is 1.63. The third-order valence-electron chi connectivity index (χ3n) is 4.12. The van der Waals surface area contributed by atoms with Crippen molar-refractivity contribution in [2.24, 2.45) is 10.9 Å². The van der Waals surface area contributed by atoms with E-state index in [9.17, 15) is 13.2 Å². The molecule has 4 nitrogen and oxygen atoms in total. The van der Waals surface area contributed by atoms with Crippen LogP contribution < -0.4 is 10.6 Å². The highest BCUT2D eigenvalue weighted by atomic mass is 32.1. The van der Waals surface area contributed by atoms with Crippen LogP contribution in [-0.4, -0.2) is 30.2 Å². The van der Waals surface area contributed by atoms with Crippen LogP contribution in [0.5, 0.6) is 0 Å². The molecular formula is C15H23F3N4S. The predicted molar refractivity (Wildman–Crippen MR) is 86.7 cm³/mol. The van der Waals surface area contributed by atoms with E-state index in [2.05, 4.69) is 20.6 Å². The molecule has 2 unspecified atom stereocenters. The Bertz CT molecular complexity index is 553. The molecule has 1 aromatic rings. The van der Waals surface area contributed by atoms with Crippen LogP contribution in [0.15, 0.2) is 4.99 Å². The number of rotatable bonds is 3. The molecule has 1 heterocycles. The van der Waals surface area contributed by atoms with E-state index in [-0.39, 0.29) is 18.9 Å². The van der Waals surface area contributed by atoms with Crippen LogP contribution in [-0.2, 0) is 6.54 Å². The minimum Gasteiger partial charge on any atom is -0.354 e. The van der Waals surface area contributed by atoms with Gasteiger partial charge in [-0.05, 0) is 33.1 Å². The van der Waals surface area contributed by atoms with Gasteiger partial charge in [0.1, 0.15) is 0 Å². The zero-order valence-electron chi connectivity index (χ0n) is 13.6. The topological polar surface area (TPSA) is 49.3 Å². The first-order valence-corrected chi connectivity index (χ1v) is 8.58. The van der Waals surface area contributed by atoms with Gasteiger partial charge in [0, 0.05) is 18.0 Å². The van der Waals surface area contributed by atoms with Crippen LogP contribution in [0, 0.1) is 19.8 Å². The van der Waals surface area contributed by atoms with Crippen molar-refractivity contribution in [2.75, 3.05) is 7.05 Å². The van der Waals surface area contributed by atoms with Crippen molar-refractivity contribution in [3.8, 4) is 0 Å². The summed E-state index contributed by atoms with van der Waals surface area (Å²) in [6, 6.07) is -0.189. The van der Waals surface area contributed by atoms with E-state index < -0.39 is 12.1 Å². The maximum Gasteiger partial charge on any atom is 0.391 e. The lowest BCUT2D eigenvalue weighted by Gasteiger charge is -2.31. The Morgan fingerprint density at radius 1 is 1.35 bits per heavy atom. The zero-order chi connectivity index (χ0) is 17.0. The Hall–Kier alpha value is -1.31.